The van der Waals surface area contributed by atoms with Crippen molar-refractivity contribution >= 4 is 35.0 Å². The molecule has 0 spiro atoms. The lowest BCUT2D eigenvalue weighted by Crippen LogP contribution is -2.22. The van der Waals surface area contributed by atoms with Gasteiger partial charge in [-0.3, -0.25) is 4.79 Å². The Morgan fingerprint density at radius 2 is 1.96 bits per heavy atom. The summed E-state index contributed by atoms with van der Waals surface area (Å²) in [4.78, 5) is 12.3. The Morgan fingerprint density at radius 3 is 2.67 bits per heavy atom. The van der Waals surface area contributed by atoms with Gasteiger partial charge in [-0.05, 0) is 62.2 Å². The van der Waals surface area contributed by atoms with Crippen LogP contribution in [0.5, 0.6) is 0 Å². The predicted octanol–water partition coefficient (Wildman–Crippen LogP) is 5.27. The lowest BCUT2D eigenvalue weighted by molar-refractivity contribution is -0.115. The zero-order chi connectivity index (χ0) is 19.6. The maximum absolute atomic E-state index is 13.2. The van der Waals surface area contributed by atoms with Gasteiger partial charge in [0.2, 0.25) is 11.8 Å². The number of nitrogens with one attached hydrogen (secondary N) is 1. The SMILES string of the molecule is Cc1ccc(-c2nnc(S[C@@H](C)C(=O)Nc3ccc(F)c(Cl)c3)o2)cc1C. The van der Waals surface area contributed by atoms with E-state index in [1.54, 1.807) is 6.92 Å². The Bertz CT molecular complexity index is 993. The van der Waals surface area contributed by atoms with Crippen molar-refractivity contribution in [3.8, 4) is 11.5 Å². The number of halogens is 2. The average molecular weight is 406 g/mol. The molecule has 140 valence electrons. The molecule has 1 N–H and O–H groups in total. The van der Waals surface area contributed by atoms with Crippen LogP contribution in [0, 0.1) is 19.7 Å². The highest BCUT2D eigenvalue weighted by molar-refractivity contribution is 8.00. The first-order chi connectivity index (χ1) is 12.8. The van der Waals surface area contributed by atoms with E-state index in [4.69, 9.17) is 16.0 Å². The largest absolute Gasteiger partial charge is 0.411 e. The van der Waals surface area contributed by atoms with Crippen molar-refractivity contribution in [2.24, 2.45) is 0 Å². The van der Waals surface area contributed by atoms with Crippen LogP contribution in [0.15, 0.2) is 46.0 Å². The van der Waals surface area contributed by atoms with Crippen LogP contribution < -0.4 is 5.32 Å². The molecule has 3 rings (SSSR count). The first kappa shape index (κ1) is 19.4. The number of rotatable bonds is 5. The molecule has 0 aliphatic rings. The molecule has 8 heteroatoms. The fraction of sp³-hybridized carbons (Fsp3) is 0.211. The van der Waals surface area contributed by atoms with Crippen molar-refractivity contribution in [2.45, 2.75) is 31.2 Å². The fourth-order valence-electron chi connectivity index (χ4n) is 2.27. The van der Waals surface area contributed by atoms with Crippen LogP contribution in [-0.2, 0) is 4.79 Å². The van der Waals surface area contributed by atoms with Gasteiger partial charge in [-0.15, -0.1) is 10.2 Å². The van der Waals surface area contributed by atoms with E-state index in [9.17, 15) is 9.18 Å². The van der Waals surface area contributed by atoms with Crippen LogP contribution in [0.4, 0.5) is 10.1 Å². The topological polar surface area (TPSA) is 68.0 Å². The molecule has 1 heterocycles. The van der Waals surface area contributed by atoms with Gasteiger partial charge >= 0.3 is 0 Å². The van der Waals surface area contributed by atoms with Gasteiger partial charge in [-0.1, -0.05) is 29.4 Å². The van der Waals surface area contributed by atoms with Gasteiger partial charge in [-0.2, -0.15) is 0 Å². The number of nitrogens with zero attached hydrogens (tertiary/aromatic N) is 2. The molecule has 0 unspecified atom stereocenters. The van der Waals surface area contributed by atoms with Gasteiger partial charge in [0, 0.05) is 11.3 Å². The fourth-order valence-corrected chi connectivity index (χ4v) is 3.13. The van der Waals surface area contributed by atoms with Gasteiger partial charge in [0.1, 0.15) is 5.82 Å². The number of aryl methyl sites for hydroxylation is 2. The number of carbonyl (C=O) groups is 1. The van der Waals surface area contributed by atoms with Gasteiger partial charge in [0.25, 0.3) is 5.22 Å². The Labute approximate surface area is 165 Å². The summed E-state index contributed by atoms with van der Waals surface area (Å²) in [6, 6.07) is 9.89. The van der Waals surface area contributed by atoms with E-state index >= 15 is 0 Å². The summed E-state index contributed by atoms with van der Waals surface area (Å²) in [6.45, 7) is 5.76. The average Bonchev–Trinajstić information content (AvgIpc) is 3.09. The van der Waals surface area contributed by atoms with Gasteiger partial charge in [-0.25, -0.2) is 4.39 Å². The number of carbonyl (C=O) groups excluding carboxylic acids is 1. The monoisotopic (exact) mass is 405 g/mol. The molecule has 0 saturated carbocycles. The Hall–Kier alpha value is -2.38. The molecule has 5 nitrogen and oxygen atoms in total. The van der Waals surface area contributed by atoms with E-state index in [1.165, 1.54) is 23.8 Å². The van der Waals surface area contributed by atoms with Crippen molar-refractivity contribution in [1.29, 1.82) is 0 Å². The third kappa shape index (κ3) is 4.67. The molecule has 2 aromatic carbocycles. The summed E-state index contributed by atoms with van der Waals surface area (Å²) in [5.74, 6) is -0.422. The van der Waals surface area contributed by atoms with E-state index < -0.39 is 11.1 Å². The highest BCUT2D eigenvalue weighted by atomic mass is 35.5. The summed E-state index contributed by atoms with van der Waals surface area (Å²) < 4.78 is 18.9. The molecule has 0 bridgehead atoms. The molecule has 3 aromatic rings. The van der Waals surface area contributed by atoms with Crippen molar-refractivity contribution in [1.82, 2.24) is 10.2 Å². The molecule has 1 amide bonds. The number of anilines is 1. The summed E-state index contributed by atoms with van der Waals surface area (Å²) in [5, 5.41) is 10.5. The first-order valence-electron chi connectivity index (χ1n) is 8.17. The van der Waals surface area contributed by atoms with Gasteiger partial charge < -0.3 is 9.73 Å². The summed E-state index contributed by atoms with van der Waals surface area (Å²) >= 11 is 6.87. The molecule has 0 radical (unpaired) electrons. The first-order valence-corrected chi connectivity index (χ1v) is 9.43. The highest BCUT2D eigenvalue weighted by Crippen LogP contribution is 2.28. The number of amides is 1. The molecule has 1 aromatic heterocycles. The quantitative estimate of drug-likeness (QED) is 0.586. The molecular weight excluding hydrogens is 389 g/mol. The second-order valence-corrected chi connectivity index (χ2v) is 7.75. The minimum absolute atomic E-state index is 0.0527. The third-order valence-corrected chi connectivity index (χ3v) is 5.22. The third-order valence-electron chi connectivity index (χ3n) is 3.99. The van der Waals surface area contributed by atoms with Gasteiger partial charge in [0.15, 0.2) is 0 Å². The van der Waals surface area contributed by atoms with Crippen LogP contribution in [0.2, 0.25) is 5.02 Å². The zero-order valence-corrected chi connectivity index (χ0v) is 16.5. The standard InChI is InChI=1S/C19H17ClFN3O2S/c1-10-4-5-13(8-11(10)2)18-23-24-19(26-18)27-12(3)17(25)22-14-6-7-16(21)15(20)9-14/h4-9,12H,1-3H3,(H,22,25)/t12-/m0/s1. The van der Waals surface area contributed by atoms with E-state index in [2.05, 4.69) is 15.5 Å². The molecule has 27 heavy (non-hydrogen) atoms. The minimum atomic E-state index is -0.540. The van der Waals surface area contributed by atoms with Crippen molar-refractivity contribution in [3.05, 3.63) is 58.4 Å². The van der Waals surface area contributed by atoms with E-state index in [-0.39, 0.29) is 10.9 Å². The molecule has 0 aliphatic carbocycles. The Kier molecular flexibility index (Phi) is 5.82. The van der Waals surface area contributed by atoms with Gasteiger partial charge in [0.05, 0.1) is 10.3 Å². The van der Waals surface area contributed by atoms with Crippen LogP contribution in [0.25, 0.3) is 11.5 Å². The smallest absolute Gasteiger partial charge is 0.277 e. The highest BCUT2D eigenvalue weighted by Gasteiger charge is 2.19. The van der Waals surface area contributed by atoms with Crippen LogP contribution >= 0.6 is 23.4 Å². The lowest BCUT2D eigenvalue weighted by Gasteiger charge is -2.10. The summed E-state index contributed by atoms with van der Waals surface area (Å²) in [5.41, 5.74) is 3.56. The van der Waals surface area contributed by atoms with Crippen LogP contribution in [0.1, 0.15) is 18.1 Å². The summed E-state index contributed by atoms with van der Waals surface area (Å²) in [6.07, 6.45) is 0. The van der Waals surface area contributed by atoms with Crippen molar-refractivity contribution < 1.29 is 13.6 Å². The normalized spacial score (nSPS) is 12.0. The van der Waals surface area contributed by atoms with E-state index in [0.717, 1.165) is 22.9 Å². The van der Waals surface area contributed by atoms with Crippen molar-refractivity contribution in [3.63, 3.8) is 0 Å². The number of hydrogen-bond donors (Lipinski definition) is 1. The van der Waals surface area contributed by atoms with Crippen LogP contribution in [-0.4, -0.2) is 21.4 Å². The molecule has 1 atom stereocenters. The second kappa shape index (κ2) is 8.10. The van der Waals surface area contributed by atoms with E-state index in [0.29, 0.717) is 16.8 Å². The zero-order valence-electron chi connectivity index (χ0n) is 14.9. The molecule has 0 aliphatic heterocycles. The number of hydrogen-bond acceptors (Lipinski definition) is 5. The summed E-state index contributed by atoms with van der Waals surface area (Å²) in [7, 11) is 0. The molecule has 0 fully saturated rings. The number of thioether (sulfide) groups is 1. The maximum atomic E-state index is 13.2. The lowest BCUT2D eigenvalue weighted by atomic mass is 10.1. The molecule has 0 saturated heterocycles. The number of aromatic nitrogens is 2. The second-order valence-electron chi connectivity index (χ2n) is 6.05. The van der Waals surface area contributed by atoms with E-state index in [1.807, 2.05) is 32.0 Å². The molecular formula is C19H17ClFN3O2S. The maximum Gasteiger partial charge on any atom is 0.277 e. The van der Waals surface area contributed by atoms with Crippen LogP contribution in [0.3, 0.4) is 0 Å². The number of benzene rings is 2. The predicted molar refractivity (Wildman–Crippen MR) is 105 cm³/mol. The Balaban J connectivity index is 1.66. The Morgan fingerprint density at radius 1 is 1.19 bits per heavy atom. The minimum Gasteiger partial charge on any atom is -0.411 e. The van der Waals surface area contributed by atoms with Crippen molar-refractivity contribution in [2.75, 3.05) is 5.32 Å².